The number of amides is 3. The molecule has 0 aliphatic rings. The summed E-state index contributed by atoms with van der Waals surface area (Å²) in [7, 11) is 0. The Morgan fingerprint density at radius 2 is 1.69 bits per heavy atom. The van der Waals surface area contributed by atoms with Crippen LogP contribution in [-0.4, -0.2) is 24.0 Å². The predicted octanol–water partition coefficient (Wildman–Crippen LogP) is 0.984. The number of rotatable bonds is 6. The van der Waals surface area contributed by atoms with Crippen LogP contribution in [-0.2, 0) is 4.79 Å². The molecule has 0 aromatic rings. The van der Waals surface area contributed by atoms with E-state index in [2.05, 4.69) is 10.6 Å². The summed E-state index contributed by atoms with van der Waals surface area (Å²) in [5, 5.41) is 5.33. The second-order valence-electron chi connectivity index (χ2n) is 4.19. The van der Waals surface area contributed by atoms with Gasteiger partial charge in [-0.3, -0.25) is 4.79 Å². The van der Waals surface area contributed by atoms with Crippen molar-refractivity contribution in [2.45, 2.75) is 52.6 Å². The van der Waals surface area contributed by atoms with Crippen molar-refractivity contribution in [2.75, 3.05) is 0 Å². The summed E-state index contributed by atoms with van der Waals surface area (Å²) in [6.45, 7) is 7.80. The van der Waals surface area contributed by atoms with Crippen molar-refractivity contribution >= 4 is 11.9 Å². The number of hydrogen-bond donors (Lipinski definition) is 3. The summed E-state index contributed by atoms with van der Waals surface area (Å²) in [5.74, 6) is -0.0981. The predicted molar refractivity (Wildman–Crippen MR) is 63.9 cm³/mol. The molecule has 5 heteroatoms. The highest BCUT2D eigenvalue weighted by Gasteiger charge is 2.25. The van der Waals surface area contributed by atoms with Gasteiger partial charge >= 0.3 is 6.03 Å². The average molecular weight is 229 g/mol. The number of carbonyl (C=O) groups is 2. The molecule has 0 aliphatic carbocycles. The second-order valence-corrected chi connectivity index (χ2v) is 4.19. The molecule has 0 aromatic carbocycles. The number of hydrogen-bond acceptors (Lipinski definition) is 2. The van der Waals surface area contributed by atoms with Gasteiger partial charge in [0, 0.05) is 6.04 Å². The van der Waals surface area contributed by atoms with Crippen LogP contribution in [0.1, 0.15) is 40.5 Å². The van der Waals surface area contributed by atoms with Crippen LogP contribution in [0.3, 0.4) is 0 Å². The van der Waals surface area contributed by atoms with Gasteiger partial charge in [-0.2, -0.15) is 0 Å². The first-order valence-electron chi connectivity index (χ1n) is 5.78. The second kappa shape index (κ2) is 7.09. The molecule has 0 bridgehead atoms. The lowest BCUT2D eigenvalue weighted by Crippen LogP contribution is -2.53. The molecule has 3 amide bonds. The molecule has 0 aromatic heterocycles. The van der Waals surface area contributed by atoms with Gasteiger partial charge in [0.25, 0.3) is 0 Å². The van der Waals surface area contributed by atoms with Gasteiger partial charge in [-0.05, 0) is 19.3 Å². The molecule has 3 atom stereocenters. The first kappa shape index (κ1) is 14.7. The van der Waals surface area contributed by atoms with Crippen molar-refractivity contribution in [1.82, 2.24) is 10.6 Å². The van der Waals surface area contributed by atoms with E-state index in [0.717, 1.165) is 12.8 Å². The minimum Gasteiger partial charge on any atom is -0.352 e. The van der Waals surface area contributed by atoms with Crippen LogP contribution in [0.25, 0.3) is 0 Å². The van der Waals surface area contributed by atoms with Crippen LogP contribution in [0, 0.1) is 5.92 Å². The zero-order chi connectivity index (χ0) is 12.7. The fourth-order valence-electron chi connectivity index (χ4n) is 1.29. The third kappa shape index (κ3) is 5.00. The highest BCUT2D eigenvalue weighted by molar-refractivity contribution is 5.86. The molecule has 0 spiro atoms. The van der Waals surface area contributed by atoms with E-state index in [4.69, 9.17) is 5.73 Å². The lowest BCUT2D eigenvalue weighted by molar-refractivity contribution is -0.124. The number of nitrogens with two attached hydrogens (primary N) is 1. The maximum absolute atomic E-state index is 11.9. The third-order valence-electron chi connectivity index (χ3n) is 2.79. The van der Waals surface area contributed by atoms with Gasteiger partial charge in [-0.15, -0.1) is 0 Å². The minimum absolute atomic E-state index is 0.0663. The zero-order valence-corrected chi connectivity index (χ0v) is 10.5. The quantitative estimate of drug-likeness (QED) is 0.634. The van der Waals surface area contributed by atoms with E-state index in [1.54, 1.807) is 0 Å². The maximum Gasteiger partial charge on any atom is 0.312 e. The van der Waals surface area contributed by atoms with Gasteiger partial charge in [-0.1, -0.05) is 27.2 Å². The van der Waals surface area contributed by atoms with E-state index in [1.807, 2.05) is 27.7 Å². The van der Waals surface area contributed by atoms with Gasteiger partial charge in [0.05, 0.1) is 0 Å². The van der Waals surface area contributed by atoms with E-state index in [-0.39, 0.29) is 17.9 Å². The summed E-state index contributed by atoms with van der Waals surface area (Å²) in [4.78, 5) is 22.7. The number of primary amides is 1. The van der Waals surface area contributed by atoms with E-state index < -0.39 is 12.1 Å². The molecule has 4 N–H and O–H groups in total. The van der Waals surface area contributed by atoms with Crippen LogP contribution in [0.4, 0.5) is 4.79 Å². The van der Waals surface area contributed by atoms with Crippen molar-refractivity contribution in [3.63, 3.8) is 0 Å². The monoisotopic (exact) mass is 229 g/mol. The Kier molecular flexibility index (Phi) is 6.53. The highest BCUT2D eigenvalue weighted by atomic mass is 16.2. The summed E-state index contributed by atoms with van der Waals surface area (Å²) >= 11 is 0. The number of nitrogens with one attached hydrogen (secondary N) is 2. The van der Waals surface area contributed by atoms with E-state index >= 15 is 0 Å². The van der Waals surface area contributed by atoms with Gasteiger partial charge < -0.3 is 16.4 Å². The topological polar surface area (TPSA) is 84.2 Å². The van der Waals surface area contributed by atoms with Crippen molar-refractivity contribution in [3.8, 4) is 0 Å². The lowest BCUT2D eigenvalue weighted by Gasteiger charge is -2.24. The molecular weight excluding hydrogens is 206 g/mol. The molecule has 94 valence electrons. The van der Waals surface area contributed by atoms with Crippen molar-refractivity contribution < 1.29 is 9.59 Å². The SMILES string of the molecule is CCC(C)NC(=O)C(NC(N)=O)C(C)CC. The van der Waals surface area contributed by atoms with Gasteiger partial charge in [0.15, 0.2) is 0 Å². The maximum atomic E-state index is 11.9. The van der Waals surface area contributed by atoms with Crippen molar-refractivity contribution in [2.24, 2.45) is 11.7 Å². The Balaban J connectivity index is 4.49. The van der Waals surface area contributed by atoms with E-state index in [1.165, 1.54) is 0 Å². The highest BCUT2D eigenvalue weighted by Crippen LogP contribution is 2.08. The molecule has 0 radical (unpaired) electrons. The van der Waals surface area contributed by atoms with Crippen molar-refractivity contribution in [3.05, 3.63) is 0 Å². The molecule has 0 fully saturated rings. The molecule has 0 rings (SSSR count). The fourth-order valence-corrected chi connectivity index (χ4v) is 1.29. The standard InChI is InChI=1S/C11H23N3O2/c1-5-7(3)9(14-11(12)16)10(15)13-8(4)6-2/h7-9H,5-6H2,1-4H3,(H,13,15)(H3,12,14,16). The van der Waals surface area contributed by atoms with Gasteiger partial charge in [-0.25, -0.2) is 4.79 Å². The molecule has 0 saturated heterocycles. The van der Waals surface area contributed by atoms with Crippen LogP contribution < -0.4 is 16.4 Å². The molecule has 16 heavy (non-hydrogen) atoms. The van der Waals surface area contributed by atoms with Crippen LogP contribution in [0.2, 0.25) is 0 Å². The molecule has 0 saturated carbocycles. The summed E-state index contributed by atoms with van der Waals surface area (Å²) in [6, 6.07) is -1.10. The summed E-state index contributed by atoms with van der Waals surface area (Å²) < 4.78 is 0. The molecule has 0 aliphatic heterocycles. The Bertz CT molecular complexity index is 243. The Morgan fingerprint density at radius 1 is 1.12 bits per heavy atom. The van der Waals surface area contributed by atoms with E-state index in [9.17, 15) is 9.59 Å². The molecular formula is C11H23N3O2. The Morgan fingerprint density at radius 3 is 2.06 bits per heavy atom. The van der Waals surface area contributed by atoms with Crippen LogP contribution in [0.15, 0.2) is 0 Å². The molecule has 0 heterocycles. The molecule has 5 nitrogen and oxygen atoms in total. The average Bonchev–Trinajstić information content (AvgIpc) is 2.24. The minimum atomic E-state index is -0.662. The Hall–Kier alpha value is -1.26. The normalized spacial score (nSPS) is 16.0. The van der Waals surface area contributed by atoms with Crippen LogP contribution in [0.5, 0.6) is 0 Å². The van der Waals surface area contributed by atoms with E-state index in [0.29, 0.717) is 0 Å². The first-order chi connectivity index (χ1) is 7.42. The molecule has 3 unspecified atom stereocenters. The van der Waals surface area contributed by atoms with Gasteiger partial charge in [0.2, 0.25) is 5.91 Å². The summed E-state index contributed by atoms with van der Waals surface area (Å²) in [6.07, 6.45) is 1.66. The van der Waals surface area contributed by atoms with Gasteiger partial charge in [0.1, 0.15) is 6.04 Å². The number of carbonyl (C=O) groups excluding carboxylic acids is 2. The zero-order valence-electron chi connectivity index (χ0n) is 10.5. The first-order valence-corrected chi connectivity index (χ1v) is 5.78. The third-order valence-corrected chi connectivity index (χ3v) is 2.79. The van der Waals surface area contributed by atoms with Crippen molar-refractivity contribution in [1.29, 1.82) is 0 Å². The smallest absolute Gasteiger partial charge is 0.312 e. The number of urea groups is 1. The largest absolute Gasteiger partial charge is 0.352 e. The fraction of sp³-hybridized carbons (Fsp3) is 0.818. The Labute approximate surface area is 97.2 Å². The lowest BCUT2D eigenvalue weighted by atomic mass is 9.98. The summed E-state index contributed by atoms with van der Waals surface area (Å²) in [5.41, 5.74) is 5.06. The van der Waals surface area contributed by atoms with Crippen LogP contribution >= 0.6 is 0 Å².